The first-order valence-electron chi connectivity index (χ1n) is 8.75. The molecule has 0 spiro atoms. The third kappa shape index (κ3) is 3.99. The first-order valence-corrected chi connectivity index (χ1v) is 8.75. The van der Waals surface area contributed by atoms with Crippen LogP contribution in [0.15, 0.2) is 36.9 Å². The summed E-state index contributed by atoms with van der Waals surface area (Å²) in [6, 6.07) is 5.68. The van der Waals surface area contributed by atoms with Gasteiger partial charge in [-0.05, 0) is 24.3 Å². The maximum atomic E-state index is 12.9. The second-order valence-electron chi connectivity index (χ2n) is 6.28. The number of fused-ring (bicyclic) bond motifs is 1. The van der Waals surface area contributed by atoms with Gasteiger partial charge in [0.05, 0.1) is 26.1 Å². The van der Waals surface area contributed by atoms with Crippen LogP contribution in [0.2, 0.25) is 0 Å². The third-order valence-electron chi connectivity index (χ3n) is 4.36. The number of ether oxygens (including phenoxy) is 2. The summed E-state index contributed by atoms with van der Waals surface area (Å²) >= 11 is 0. The molecule has 3 heterocycles. The van der Waals surface area contributed by atoms with E-state index in [1.807, 2.05) is 0 Å². The van der Waals surface area contributed by atoms with E-state index in [9.17, 15) is 9.50 Å². The number of aliphatic hydroxyl groups excluding tert-OH is 1. The lowest BCUT2D eigenvalue weighted by molar-refractivity contribution is 0.0932. The average molecular weight is 373 g/mol. The lowest BCUT2D eigenvalue weighted by Crippen LogP contribution is -2.37. The highest BCUT2D eigenvalue weighted by atomic mass is 19.1. The van der Waals surface area contributed by atoms with Crippen molar-refractivity contribution < 1.29 is 19.0 Å². The molecule has 8 nitrogen and oxygen atoms in total. The van der Waals surface area contributed by atoms with E-state index in [0.29, 0.717) is 30.1 Å². The topological polar surface area (TPSA) is 85.5 Å². The number of morpholine rings is 1. The standard InChI is InChI=1S/C18H20FN5O3/c19-13-1-3-15(4-2-13)27-10-14(25)9-24-12-22-16-17(20-11-21-18(16)24)23-5-7-26-8-6-23/h1-4,11-12,14,25H,5-10H2/t14-/m0/s1. The molecule has 1 saturated heterocycles. The Balaban J connectivity index is 1.44. The van der Waals surface area contributed by atoms with E-state index in [0.717, 1.165) is 18.9 Å². The molecule has 0 aliphatic carbocycles. The zero-order chi connectivity index (χ0) is 18.6. The molecule has 0 saturated carbocycles. The number of anilines is 1. The summed E-state index contributed by atoms with van der Waals surface area (Å²) in [6.07, 6.45) is 2.38. The lowest BCUT2D eigenvalue weighted by atomic mass is 10.3. The van der Waals surface area contributed by atoms with E-state index in [1.165, 1.54) is 30.6 Å². The van der Waals surface area contributed by atoms with Crippen LogP contribution in [-0.2, 0) is 11.3 Å². The van der Waals surface area contributed by atoms with Crippen molar-refractivity contribution in [3.63, 3.8) is 0 Å². The van der Waals surface area contributed by atoms with E-state index < -0.39 is 6.10 Å². The Bertz CT molecular complexity index is 896. The van der Waals surface area contributed by atoms with Gasteiger partial charge in [-0.25, -0.2) is 19.3 Å². The summed E-state index contributed by atoms with van der Waals surface area (Å²) in [5.41, 5.74) is 1.36. The molecule has 1 atom stereocenters. The number of halogens is 1. The van der Waals surface area contributed by atoms with Crippen molar-refractivity contribution in [2.45, 2.75) is 12.6 Å². The maximum Gasteiger partial charge on any atom is 0.165 e. The number of hydrogen-bond acceptors (Lipinski definition) is 7. The van der Waals surface area contributed by atoms with Crippen LogP contribution in [-0.4, -0.2) is 63.6 Å². The van der Waals surface area contributed by atoms with Gasteiger partial charge in [0.1, 0.15) is 30.6 Å². The lowest BCUT2D eigenvalue weighted by Gasteiger charge is -2.27. The molecule has 0 bridgehead atoms. The van der Waals surface area contributed by atoms with Gasteiger partial charge >= 0.3 is 0 Å². The van der Waals surface area contributed by atoms with Crippen LogP contribution in [0.5, 0.6) is 5.75 Å². The molecule has 0 unspecified atom stereocenters. The van der Waals surface area contributed by atoms with Gasteiger partial charge in [-0.15, -0.1) is 0 Å². The molecule has 0 radical (unpaired) electrons. The zero-order valence-electron chi connectivity index (χ0n) is 14.7. The minimum atomic E-state index is -0.769. The Hall–Kier alpha value is -2.78. The summed E-state index contributed by atoms with van der Waals surface area (Å²) < 4.78 is 25.6. The Morgan fingerprint density at radius 1 is 1.15 bits per heavy atom. The number of imidazole rings is 1. The molecule has 1 aromatic carbocycles. The van der Waals surface area contributed by atoms with Crippen LogP contribution in [0.4, 0.5) is 10.2 Å². The summed E-state index contributed by atoms with van der Waals surface area (Å²) in [5, 5.41) is 10.3. The SMILES string of the molecule is O[C@H](COc1ccc(F)cc1)Cn1cnc2c(N3CCOCC3)ncnc21. The Labute approximate surface area is 155 Å². The predicted octanol–water partition coefficient (Wildman–Crippen LogP) is 1.24. The number of aromatic nitrogens is 4. The van der Waals surface area contributed by atoms with E-state index in [2.05, 4.69) is 19.9 Å². The molecule has 1 aliphatic heterocycles. The zero-order valence-corrected chi connectivity index (χ0v) is 14.7. The van der Waals surface area contributed by atoms with E-state index in [4.69, 9.17) is 9.47 Å². The smallest absolute Gasteiger partial charge is 0.165 e. The fourth-order valence-corrected chi connectivity index (χ4v) is 3.01. The van der Waals surface area contributed by atoms with Gasteiger partial charge < -0.3 is 24.0 Å². The maximum absolute atomic E-state index is 12.9. The van der Waals surface area contributed by atoms with Crippen molar-refractivity contribution in [3.05, 3.63) is 42.7 Å². The number of aliphatic hydroxyl groups is 1. The largest absolute Gasteiger partial charge is 0.491 e. The van der Waals surface area contributed by atoms with Gasteiger partial charge in [-0.1, -0.05) is 0 Å². The van der Waals surface area contributed by atoms with Crippen molar-refractivity contribution in [1.29, 1.82) is 0 Å². The Morgan fingerprint density at radius 3 is 2.70 bits per heavy atom. The highest BCUT2D eigenvalue weighted by Gasteiger charge is 2.19. The number of hydrogen-bond donors (Lipinski definition) is 1. The van der Waals surface area contributed by atoms with Crippen molar-refractivity contribution in [2.75, 3.05) is 37.8 Å². The summed E-state index contributed by atoms with van der Waals surface area (Å²) in [7, 11) is 0. The molecule has 142 valence electrons. The molecule has 3 aromatic rings. The van der Waals surface area contributed by atoms with Gasteiger partial charge in [0.25, 0.3) is 0 Å². The minimum absolute atomic E-state index is 0.0761. The third-order valence-corrected chi connectivity index (χ3v) is 4.36. The predicted molar refractivity (Wildman–Crippen MR) is 96.3 cm³/mol. The van der Waals surface area contributed by atoms with Crippen molar-refractivity contribution in [1.82, 2.24) is 19.5 Å². The van der Waals surface area contributed by atoms with Crippen molar-refractivity contribution in [2.24, 2.45) is 0 Å². The molecule has 0 amide bonds. The summed E-state index contributed by atoms with van der Waals surface area (Å²) in [5.74, 6) is 0.950. The molecule has 1 aliphatic rings. The highest BCUT2D eigenvalue weighted by molar-refractivity contribution is 5.83. The van der Waals surface area contributed by atoms with Crippen LogP contribution >= 0.6 is 0 Å². The van der Waals surface area contributed by atoms with Gasteiger partial charge in [0, 0.05) is 13.1 Å². The quantitative estimate of drug-likeness (QED) is 0.696. The summed E-state index contributed by atoms with van der Waals surface area (Å²) in [6.45, 7) is 3.18. The first kappa shape index (κ1) is 17.6. The van der Waals surface area contributed by atoms with Crippen LogP contribution in [0.1, 0.15) is 0 Å². The molecule has 4 rings (SSSR count). The summed E-state index contributed by atoms with van der Waals surface area (Å²) in [4.78, 5) is 15.2. The molecule has 1 fully saturated rings. The Morgan fingerprint density at radius 2 is 1.93 bits per heavy atom. The van der Waals surface area contributed by atoms with Crippen molar-refractivity contribution >= 4 is 17.0 Å². The number of benzene rings is 1. The van der Waals surface area contributed by atoms with Crippen LogP contribution in [0.3, 0.4) is 0 Å². The number of nitrogens with zero attached hydrogens (tertiary/aromatic N) is 5. The highest BCUT2D eigenvalue weighted by Crippen LogP contribution is 2.22. The molecule has 27 heavy (non-hydrogen) atoms. The fraction of sp³-hybridized carbons (Fsp3) is 0.389. The second-order valence-corrected chi connectivity index (χ2v) is 6.28. The van der Waals surface area contributed by atoms with Gasteiger partial charge in [-0.2, -0.15) is 0 Å². The second kappa shape index (κ2) is 7.85. The molecule has 2 aromatic heterocycles. The van der Waals surface area contributed by atoms with E-state index in [1.54, 1.807) is 10.9 Å². The van der Waals surface area contributed by atoms with Crippen molar-refractivity contribution in [3.8, 4) is 5.75 Å². The molecular weight excluding hydrogens is 353 g/mol. The number of rotatable bonds is 6. The average Bonchev–Trinajstić information content (AvgIpc) is 3.11. The van der Waals surface area contributed by atoms with Gasteiger partial charge in [-0.3, -0.25) is 0 Å². The fourth-order valence-electron chi connectivity index (χ4n) is 3.01. The molecule has 9 heteroatoms. The minimum Gasteiger partial charge on any atom is -0.491 e. The van der Waals surface area contributed by atoms with Gasteiger partial charge in [0.15, 0.2) is 17.0 Å². The van der Waals surface area contributed by atoms with Crippen LogP contribution < -0.4 is 9.64 Å². The van der Waals surface area contributed by atoms with Crippen LogP contribution in [0.25, 0.3) is 11.2 Å². The first-order chi connectivity index (χ1) is 13.2. The monoisotopic (exact) mass is 373 g/mol. The van der Waals surface area contributed by atoms with E-state index >= 15 is 0 Å². The molecular formula is C18H20FN5O3. The van der Waals surface area contributed by atoms with Crippen LogP contribution in [0, 0.1) is 5.82 Å². The van der Waals surface area contributed by atoms with Gasteiger partial charge in [0.2, 0.25) is 0 Å². The molecule has 1 N–H and O–H groups in total. The normalized spacial score (nSPS) is 15.9. The Kier molecular flexibility index (Phi) is 5.12. The van der Waals surface area contributed by atoms with E-state index in [-0.39, 0.29) is 19.0 Å².